The van der Waals surface area contributed by atoms with E-state index < -0.39 is 29.6 Å². The summed E-state index contributed by atoms with van der Waals surface area (Å²) in [4.78, 5) is 40.8. The second kappa shape index (κ2) is 10.8. The van der Waals surface area contributed by atoms with Crippen molar-refractivity contribution in [3.63, 3.8) is 0 Å². The van der Waals surface area contributed by atoms with Gasteiger partial charge in [-0.3, -0.25) is 19.3 Å². The van der Waals surface area contributed by atoms with Crippen LogP contribution in [0.5, 0.6) is 11.5 Å². The van der Waals surface area contributed by atoms with Crippen molar-refractivity contribution in [1.29, 1.82) is 0 Å². The predicted octanol–water partition coefficient (Wildman–Crippen LogP) is 3.40. The minimum absolute atomic E-state index is 0.00451. The van der Waals surface area contributed by atoms with Crippen LogP contribution in [0.3, 0.4) is 0 Å². The number of hydrogen-bond donors (Lipinski definition) is 3. The van der Waals surface area contributed by atoms with Crippen molar-refractivity contribution in [2.75, 3.05) is 17.4 Å². The molecule has 0 saturated heterocycles. The lowest BCUT2D eigenvalue weighted by atomic mass is 10.0. The summed E-state index contributed by atoms with van der Waals surface area (Å²) in [6.07, 6.45) is 0. The molecule has 10 nitrogen and oxygen atoms in total. The summed E-state index contributed by atoms with van der Waals surface area (Å²) in [6, 6.07) is 17.9. The third-order valence-corrected chi connectivity index (χ3v) is 6.86. The van der Waals surface area contributed by atoms with Crippen molar-refractivity contribution in [2.45, 2.75) is 12.6 Å². The smallest absolute Gasteiger partial charge is 0.273 e. The van der Waals surface area contributed by atoms with Crippen LogP contribution >= 0.6 is 11.5 Å². The number of carbonyl (C=O) groups excluding carboxylic acids is 3. The quantitative estimate of drug-likeness (QED) is 0.306. The van der Waals surface area contributed by atoms with Crippen LogP contribution < -0.4 is 31.2 Å². The summed E-state index contributed by atoms with van der Waals surface area (Å²) < 4.78 is 28.7. The highest BCUT2D eigenvalue weighted by molar-refractivity contribution is 7.09. The molecule has 0 aliphatic carbocycles. The van der Waals surface area contributed by atoms with Crippen molar-refractivity contribution in [2.24, 2.45) is 5.73 Å². The Labute approximate surface area is 226 Å². The van der Waals surface area contributed by atoms with E-state index in [9.17, 15) is 18.8 Å². The molecule has 39 heavy (non-hydrogen) atoms. The number of nitrogens with zero attached hydrogens (tertiary/aromatic N) is 2. The summed E-state index contributed by atoms with van der Waals surface area (Å²) in [6.45, 7) is 0.171. The normalized spacial score (nSPS) is 12.5. The zero-order valence-corrected chi connectivity index (χ0v) is 21.1. The van der Waals surface area contributed by atoms with E-state index in [1.165, 1.54) is 29.2 Å². The number of fused-ring (bicyclic) bond motifs is 1. The van der Waals surface area contributed by atoms with Gasteiger partial charge in [0, 0.05) is 18.3 Å². The summed E-state index contributed by atoms with van der Waals surface area (Å²) in [5.41, 5.74) is 12.4. The lowest BCUT2D eigenvalue weighted by Crippen LogP contribution is -2.44. The van der Waals surface area contributed by atoms with Gasteiger partial charge >= 0.3 is 0 Å². The summed E-state index contributed by atoms with van der Waals surface area (Å²) >= 11 is 0.683. The standard InChI is InChI=1S/C27H22FN5O5S/c28-17-8-6-16(7-9-17)23(26(35)31-13-15-4-2-1-3-5-15)33(18-10-11-19-20(12-18)38-14-37-19)27(36)24-21(29)22(25(30)34)32-39-24/h1-12,23H,13-14,29H2,(H2,30,34)(H,31,35). The number of ether oxygens (including phenoxy) is 2. The molecular weight excluding hydrogens is 525 g/mol. The molecule has 198 valence electrons. The largest absolute Gasteiger partial charge is 0.454 e. The average molecular weight is 548 g/mol. The van der Waals surface area contributed by atoms with Crippen molar-refractivity contribution in [3.8, 4) is 11.5 Å². The Bertz CT molecular complexity index is 1540. The summed E-state index contributed by atoms with van der Waals surface area (Å²) in [5, 5.41) is 2.86. The van der Waals surface area contributed by atoms with Crippen molar-refractivity contribution in [1.82, 2.24) is 9.69 Å². The molecule has 5 N–H and O–H groups in total. The second-order valence-electron chi connectivity index (χ2n) is 8.51. The number of amides is 3. The van der Waals surface area contributed by atoms with E-state index in [2.05, 4.69) is 9.69 Å². The molecular formula is C27H22FN5O5S. The van der Waals surface area contributed by atoms with Crippen LogP contribution in [0.25, 0.3) is 0 Å². The van der Waals surface area contributed by atoms with E-state index >= 15 is 0 Å². The number of aromatic nitrogens is 1. The first-order chi connectivity index (χ1) is 18.8. The van der Waals surface area contributed by atoms with Gasteiger partial charge in [-0.25, -0.2) is 4.39 Å². The second-order valence-corrected chi connectivity index (χ2v) is 9.28. The summed E-state index contributed by atoms with van der Waals surface area (Å²) in [7, 11) is 0. The molecule has 0 spiro atoms. The maximum atomic E-state index is 14.1. The van der Waals surface area contributed by atoms with Crippen LogP contribution in [0.2, 0.25) is 0 Å². The first-order valence-corrected chi connectivity index (χ1v) is 12.5. The van der Waals surface area contributed by atoms with Gasteiger partial charge in [-0.05, 0) is 46.9 Å². The van der Waals surface area contributed by atoms with Gasteiger partial charge in [-0.2, -0.15) is 4.37 Å². The topological polar surface area (TPSA) is 150 Å². The molecule has 12 heteroatoms. The first kappa shape index (κ1) is 25.7. The Morgan fingerprint density at radius 3 is 2.44 bits per heavy atom. The van der Waals surface area contributed by atoms with Gasteiger partial charge < -0.3 is 26.3 Å². The fourth-order valence-electron chi connectivity index (χ4n) is 4.10. The van der Waals surface area contributed by atoms with E-state index in [1.807, 2.05) is 30.3 Å². The van der Waals surface area contributed by atoms with Gasteiger partial charge in [-0.15, -0.1) is 0 Å². The maximum Gasteiger partial charge on any atom is 0.273 e. The Kier molecular flexibility index (Phi) is 7.10. The first-order valence-electron chi connectivity index (χ1n) is 11.7. The minimum Gasteiger partial charge on any atom is -0.454 e. The molecule has 1 aliphatic rings. The fourth-order valence-corrected chi connectivity index (χ4v) is 4.84. The third kappa shape index (κ3) is 5.22. The van der Waals surface area contributed by atoms with Gasteiger partial charge in [0.15, 0.2) is 17.2 Å². The lowest BCUT2D eigenvalue weighted by Gasteiger charge is -2.31. The molecule has 0 fully saturated rings. The monoisotopic (exact) mass is 547 g/mol. The number of halogens is 1. The highest BCUT2D eigenvalue weighted by Gasteiger charge is 2.36. The highest BCUT2D eigenvalue weighted by atomic mass is 32.1. The molecule has 1 aliphatic heterocycles. The molecule has 4 aromatic rings. The fraction of sp³-hybridized carbons (Fsp3) is 0.111. The van der Waals surface area contributed by atoms with Gasteiger partial charge in [0.1, 0.15) is 16.7 Å². The SMILES string of the molecule is NC(=O)c1nsc(C(=O)N(c2ccc3c(c2)OCO3)C(C(=O)NCc2ccccc2)c2ccc(F)cc2)c1N. The Balaban J connectivity index is 1.62. The Morgan fingerprint density at radius 2 is 1.74 bits per heavy atom. The number of nitrogen functional groups attached to an aromatic ring is 1. The number of hydrogen-bond acceptors (Lipinski definition) is 8. The van der Waals surface area contributed by atoms with E-state index in [0.717, 1.165) is 5.56 Å². The number of primary amides is 1. The zero-order valence-electron chi connectivity index (χ0n) is 20.3. The molecule has 2 heterocycles. The third-order valence-electron chi connectivity index (χ3n) is 6.01. The van der Waals surface area contributed by atoms with Crippen LogP contribution in [0.15, 0.2) is 72.8 Å². The lowest BCUT2D eigenvalue weighted by molar-refractivity contribution is -0.122. The van der Waals surface area contributed by atoms with E-state index in [4.69, 9.17) is 20.9 Å². The molecule has 1 unspecified atom stereocenters. The van der Waals surface area contributed by atoms with Gasteiger partial charge in [0.05, 0.1) is 5.69 Å². The van der Waals surface area contributed by atoms with E-state index in [1.54, 1.807) is 18.2 Å². The number of carbonyl (C=O) groups is 3. The molecule has 0 radical (unpaired) electrons. The maximum absolute atomic E-state index is 14.1. The van der Waals surface area contributed by atoms with Crippen LogP contribution in [-0.4, -0.2) is 28.9 Å². The number of benzene rings is 3. The Morgan fingerprint density at radius 1 is 1.03 bits per heavy atom. The number of anilines is 2. The van der Waals surface area contributed by atoms with Crippen LogP contribution in [-0.2, 0) is 11.3 Å². The molecule has 5 rings (SSSR count). The zero-order chi connectivity index (χ0) is 27.5. The van der Waals surface area contributed by atoms with Crippen LogP contribution in [0, 0.1) is 5.82 Å². The van der Waals surface area contributed by atoms with Gasteiger partial charge in [-0.1, -0.05) is 42.5 Å². The number of nitrogens with two attached hydrogens (primary N) is 2. The molecule has 0 saturated carbocycles. The van der Waals surface area contributed by atoms with Gasteiger partial charge in [0.2, 0.25) is 12.7 Å². The van der Waals surface area contributed by atoms with E-state index in [0.29, 0.717) is 28.6 Å². The molecule has 1 atom stereocenters. The number of rotatable bonds is 8. The van der Waals surface area contributed by atoms with Crippen molar-refractivity contribution < 1.29 is 28.2 Å². The minimum atomic E-state index is -1.28. The number of nitrogens with one attached hydrogen (secondary N) is 1. The molecule has 3 aromatic carbocycles. The van der Waals surface area contributed by atoms with Crippen molar-refractivity contribution in [3.05, 3.63) is 100 Å². The average Bonchev–Trinajstić information content (AvgIpc) is 3.57. The van der Waals surface area contributed by atoms with Crippen LogP contribution in [0.4, 0.5) is 15.8 Å². The Hall–Kier alpha value is -4.97. The molecule has 1 aromatic heterocycles. The van der Waals surface area contributed by atoms with Crippen LogP contribution in [0.1, 0.15) is 37.3 Å². The van der Waals surface area contributed by atoms with Gasteiger partial charge in [0.25, 0.3) is 11.8 Å². The molecule has 3 amide bonds. The van der Waals surface area contributed by atoms with E-state index in [-0.39, 0.29) is 35.3 Å². The summed E-state index contributed by atoms with van der Waals surface area (Å²) in [5.74, 6) is -1.85. The van der Waals surface area contributed by atoms with Crippen molar-refractivity contribution >= 4 is 40.6 Å². The molecule has 0 bridgehead atoms. The highest BCUT2D eigenvalue weighted by Crippen LogP contribution is 2.39. The predicted molar refractivity (Wildman–Crippen MR) is 142 cm³/mol.